The number of methoxy groups -OCH3 is 2. The van der Waals surface area contributed by atoms with Gasteiger partial charge in [-0.2, -0.15) is 0 Å². The Morgan fingerprint density at radius 1 is 1.15 bits per heavy atom. The van der Waals surface area contributed by atoms with Crippen molar-refractivity contribution in [3.8, 4) is 11.8 Å². The molecule has 0 spiro atoms. The summed E-state index contributed by atoms with van der Waals surface area (Å²) >= 11 is 0. The molecule has 0 bridgehead atoms. The molecule has 1 unspecified atom stereocenters. The van der Waals surface area contributed by atoms with Gasteiger partial charge in [-0.25, -0.2) is 4.79 Å². The van der Waals surface area contributed by atoms with E-state index in [4.69, 9.17) is 13.9 Å². The first-order chi connectivity index (χ1) is 12.6. The van der Waals surface area contributed by atoms with Crippen molar-refractivity contribution in [2.75, 3.05) is 14.2 Å². The van der Waals surface area contributed by atoms with Gasteiger partial charge in [-0.05, 0) is 36.1 Å². The van der Waals surface area contributed by atoms with Gasteiger partial charge in [0.15, 0.2) is 0 Å². The maximum atomic E-state index is 11.7. The van der Waals surface area contributed by atoms with Crippen LogP contribution in [0.15, 0.2) is 52.9 Å². The molecule has 0 radical (unpaired) electrons. The molecular weight excluding hydrogens is 372 g/mol. The second kappa shape index (κ2) is 7.99. The van der Waals surface area contributed by atoms with Gasteiger partial charge in [0.25, 0.3) is 0 Å². The molecule has 1 aliphatic heterocycles. The molecule has 0 aromatic heterocycles. The van der Waals surface area contributed by atoms with Gasteiger partial charge in [0, 0.05) is 18.7 Å². The first kappa shape index (κ1) is 21.4. The summed E-state index contributed by atoms with van der Waals surface area (Å²) in [5, 5.41) is 0. The first-order valence-electron chi connectivity index (χ1n) is 8.91. The van der Waals surface area contributed by atoms with Gasteiger partial charge < -0.3 is 13.9 Å². The van der Waals surface area contributed by atoms with E-state index in [1.54, 1.807) is 13.2 Å². The number of ether oxygens (including phenoxy) is 2. The van der Waals surface area contributed by atoms with Crippen LogP contribution in [0.4, 0.5) is 0 Å². The standard InChI is InChI=1S/C21H28O4Si2/c1-23-19(22)15-16-21(24-2)18(14-13-17-11-9-8-10-12-17)20(26(3,4)5)27(6,7)25-21/h8-12,15-16H,1-7H3/b16-15+. The summed E-state index contributed by atoms with van der Waals surface area (Å²) in [6, 6.07) is 9.83. The quantitative estimate of drug-likeness (QED) is 0.331. The molecule has 1 atom stereocenters. The highest BCUT2D eigenvalue weighted by Crippen LogP contribution is 2.45. The van der Waals surface area contributed by atoms with E-state index in [0.29, 0.717) is 0 Å². The van der Waals surface area contributed by atoms with Gasteiger partial charge in [0.2, 0.25) is 14.1 Å². The number of esters is 1. The van der Waals surface area contributed by atoms with Gasteiger partial charge in [-0.3, -0.25) is 0 Å². The highest BCUT2D eigenvalue weighted by Gasteiger charge is 2.54. The molecule has 4 nitrogen and oxygen atoms in total. The molecule has 2 rings (SSSR count). The Balaban J connectivity index is 2.70. The van der Waals surface area contributed by atoms with E-state index in [1.807, 2.05) is 30.3 Å². The van der Waals surface area contributed by atoms with E-state index in [1.165, 1.54) is 18.0 Å². The van der Waals surface area contributed by atoms with Crippen LogP contribution in [0.3, 0.4) is 0 Å². The van der Waals surface area contributed by atoms with E-state index in [9.17, 15) is 4.79 Å². The minimum Gasteiger partial charge on any atom is -0.466 e. The van der Waals surface area contributed by atoms with Crippen LogP contribution in [0.2, 0.25) is 32.7 Å². The second-order valence-electron chi connectivity index (χ2n) is 7.96. The van der Waals surface area contributed by atoms with Crippen molar-refractivity contribution in [2.45, 2.75) is 38.5 Å². The molecule has 0 N–H and O–H groups in total. The SMILES string of the molecule is COC(=O)/C=C/C1(OC)O[Si](C)(C)C([Si](C)(C)C)=C1C#Cc1ccccc1. The minimum atomic E-state index is -2.23. The topological polar surface area (TPSA) is 44.8 Å². The van der Waals surface area contributed by atoms with Crippen LogP contribution >= 0.6 is 0 Å². The fraction of sp³-hybridized carbons (Fsp3) is 0.381. The van der Waals surface area contributed by atoms with Crippen molar-refractivity contribution in [1.29, 1.82) is 0 Å². The summed E-state index contributed by atoms with van der Waals surface area (Å²) < 4.78 is 17.1. The molecule has 27 heavy (non-hydrogen) atoms. The lowest BCUT2D eigenvalue weighted by atomic mass is 10.1. The molecule has 0 fully saturated rings. The fourth-order valence-corrected chi connectivity index (χ4v) is 13.9. The number of rotatable bonds is 4. The van der Waals surface area contributed by atoms with Crippen molar-refractivity contribution in [2.24, 2.45) is 0 Å². The Morgan fingerprint density at radius 2 is 1.78 bits per heavy atom. The molecule has 0 aliphatic carbocycles. The van der Waals surface area contributed by atoms with E-state index < -0.39 is 28.1 Å². The number of hydrogen-bond donors (Lipinski definition) is 0. The normalized spacial score (nSPS) is 21.9. The average Bonchev–Trinajstić information content (AvgIpc) is 2.85. The van der Waals surface area contributed by atoms with E-state index in [-0.39, 0.29) is 0 Å². The molecule has 1 aromatic carbocycles. The Hall–Kier alpha value is -1.92. The Kier molecular flexibility index (Phi) is 6.33. The number of benzene rings is 1. The third-order valence-electron chi connectivity index (χ3n) is 4.41. The van der Waals surface area contributed by atoms with Crippen molar-refractivity contribution < 1.29 is 18.7 Å². The third kappa shape index (κ3) is 4.68. The van der Waals surface area contributed by atoms with Gasteiger partial charge >= 0.3 is 5.97 Å². The van der Waals surface area contributed by atoms with Crippen molar-refractivity contribution in [3.63, 3.8) is 0 Å². The smallest absolute Gasteiger partial charge is 0.330 e. The summed E-state index contributed by atoms with van der Waals surface area (Å²) in [5.74, 6) is 4.98. The number of hydrogen-bond acceptors (Lipinski definition) is 4. The van der Waals surface area contributed by atoms with Gasteiger partial charge in [-0.1, -0.05) is 49.7 Å². The maximum Gasteiger partial charge on any atom is 0.330 e. The summed E-state index contributed by atoms with van der Waals surface area (Å²) in [4.78, 5) is 13.0. The number of carbonyl (C=O) groups is 1. The lowest BCUT2D eigenvalue weighted by Crippen LogP contribution is -2.43. The monoisotopic (exact) mass is 400 g/mol. The molecule has 1 aromatic rings. The highest BCUT2D eigenvalue weighted by molar-refractivity contribution is 7.03. The predicted octanol–water partition coefficient (Wildman–Crippen LogP) is 4.06. The zero-order chi connectivity index (χ0) is 20.3. The van der Waals surface area contributed by atoms with Crippen LogP contribution in [-0.2, 0) is 18.7 Å². The van der Waals surface area contributed by atoms with Crippen LogP contribution < -0.4 is 0 Å². The van der Waals surface area contributed by atoms with Crippen molar-refractivity contribution >= 4 is 22.4 Å². The lowest BCUT2D eigenvalue weighted by molar-refractivity contribution is -0.135. The van der Waals surface area contributed by atoms with Crippen LogP contribution in [0.25, 0.3) is 0 Å². The van der Waals surface area contributed by atoms with Crippen molar-refractivity contribution in [3.05, 3.63) is 58.4 Å². The molecule has 144 valence electrons. The third-order valence-corrected chi connectivity index (χ3v) is 12.5. The Morgan fingerprint density at radius 3 is 2.30 bits per heavy atom. The maximum absolute atomic E-state index is 11.7. The predicted molar refractivity (Wildman–Crippen MR) is 113 cm³/mol. The average molecular weight is 401 g/mol. The largest absolute Gasteiger partial charge is 0.466 e. The molecular formula is C21H28O4Si2. The molecule has 1 aliphatic rings. The summed E-state index contributed by atoms with van der Waals surface area (Å²) in [6.07, 6.45) is 2.99. The van der Waals surface area contributed by atoms with E-state index in [2.05, 4.69) is 44.6 Å². The van der Waals surface area contributed by atoms with Gasteiger partial charge in [0.1, 0.15) is 0 Å². The zero-order valence-corrected chi connectivity index (χ0v) is 19.2. The second-order valence-corrected chi connectivity index (χ2v) is 17.2. The van der Waals surface area contributed by atoms with Gasteiger partial charge in [-0.15, -0.1) is 0 Å². The minimum absolute atomic E-state index is 0.452. The lowest BCUT2D eigenvalue weighted by Gasteiger charge is -2.30. The molecule has 0 saturated carbocycles. The zero-order valence-electron chi connectivity index (χ0n) is 17.2. The summed E-state index contributed by atoms with van der Waals surface area (Å²) in [7, 11) is -1.05. The Labute approximate surface area is 164 Å². The number of carbonyl (C=O) groups excluding carboxylic acids is 1. The molecule has 0 saturated heterocycles. The van der Waals surface area contributed by atoms with Crippen LogP contribution in [-0.4, -0.2) is 42.4 Å². The highest BCUT2D eigenvalue weighted by atomic mass is 28.4. The van der Waals surface area contributed by atoms with Crippen LogP contribution in [0, 0.1) is 11.8 Å². The summed E-state index contributed by atoms with van der Waals surface area (Å²) in [6.45, 7) is 11.2. The first-order valence-corrected chi connectivity index (χ1v) is 15.3. The molecule has 6 heteroatoms. The molecule has 1 heterocycles. The van der Waals surface area contributed by atoms with Crippen LogP contribution in [0.1, 0.15) is 5.56 Å². The van der Waals surface area contributed by atoms with Crippen LogP contribution in [0.5, 0.6) is 0 Å². The van der Waals surface area contributed by atoms with Gasteiger partial charge in [0.05, 0.1) is 20.8 Å². The van der Waals surface area contributed by atoms with E-state index in [0.717, 1.165) is 11.1 Å². The Bertz CT molecular complexity index is 823. The van der Waals surface area contributed by atoms with E-state index >= 15 is 0 Å². The summed E-state index contributed by atoms with van der Waals surface area (Å²) in [5.41, 5.74) is 1.76. The van der Waals surface area contributed by atoms with Crippen molar-refractivity contribution in [1.82, 2.24) is 0 Å². The fourth-order valence-electron chi connectivity index (χ4n) is 3.62. The molecule has 0 amide bonds.